The van der Waals surface area contributed by atoms with Crippen molar-refractivity contribution in [2.24, 2.45) is 23.7 Å². The third-order valence-corrected chi connectivity index (χ3v) is 8.77. The van der Waals surface area contributed by atoms with Crippen molar-refractivity contribution in [3.05, 3.63) is 48.9 Å². The smallest absolute Gasteiger partial charge is 0.223 e. The largest absolute Gasteiger partial charge is 0.490 e. The lowest BCUT2D eigenvalue weighted by molar-refractivity contribution is -0.158. The van der Waals surface area contributed by atoms with E-state index in [4.69, 9.17) is 4.74 Å². The van der Waals surface area contributed by atoms with Crippen LogP contribution in [0.2, 0.25) is 0 Å². The van der Waals surface area contributed by atoms with Gasteiger partial charge in [0, 0.05) is 23.0 Å². The first-order chi connectivity index (χ1) is 16.0. The van der Waals surface area contributed by atoms with E-state index in [1.807, 2.05) is 6.07 Å². The van der Waals surface area contributed by atoms with E-state index in [0.717, 1.165) is 37.6 Å². The molecule has 0 radical (unpaired) electrons. The Morgan fingerprint density at radius 1 is 1.18 bits per heavy atom. The molecule has 7 nitrogen and oxygen atoms in total. The summed E-state index contributed by atoms with van der Waals surface area (Å²) in [6, 6.07) is 6.40. The number of nitrogens with one attached hydrogen (secondary N) is 1. The van der Waals surface area contributed by atoms with Gasteiger partial charge in [0.1, 0.15) is 24.2 Å². The number of aromatic nitrogens is 4. The molecule has 8 heteroatoms. The summed E-state index contributed by atoms with van der Waals surface area (Å²) in [5.74, 6) is 2.14. The van der Waals surface area contributed by atoms with Crippen molar-refractivity contribution in [2.45, 2.75) is 56.2 Å². The van der Waals surface area contributed by atoms with Crippen LogP contribution in [-0.4, -0.2) is 37.3 Å². The first kappa shape index (κ1) is 19.4. The minimum Gasteiger partial charge on any atom is -0.490 e. The number of benzene rings is 1. The summed E-state index contributed by atoms with van der Waals surface area (Å²) >= 11 is 0. The molecule has 170 valence electrons. The molecule has 2 bridgehead atoms. The summed E-state index contributed by atoms with van der Waals surface area (Å²) in [7, 11) is 0. The molecule has 0 aliphatic heterocycles. The van der Waals surface area contributed by atoms with Gasteiger partial charge >= 0.3 is 0 Å². The Morgan fingerprint density at radius 3 is 2.64 bits per heavy atom. The number of hydrogen-bond acceptors (Lipinski definition) is 5. The van der Waals surface area contributed by atoms with E-state index in [-0.39, 0.29) is 34.8 Å². The van der Waals surface area contributed by atoms with Gasteiger partial charge in [0.25, 0.3) is 0 Å². The maximum absolute atomic E-state index is 13.7. The van der Waals surface area contributed by atoms with Crippen molar-refractivity contribution in [2.75, 3.05) is 0 Å². The third kappa shape index (κ3) is 2.85. The van der Waals surface area contributed by atoms with Crippen molar-refractivity contribution >= 4 is 16.8 Å². The molecule has 3 aromatic rings. The first-order valence-electron chi connectivity index (χ1n) is 11.8. The number of ether oxygens (including phenoxy) is 1. The van der Waals surface area contributed by atoms with Gasteiger partial charge in [-0.1, -0.05) is 6.92 Å². The number of carbonyl (C=O) groups is 1. The first-order valence-corrected chi connectivity index (χ1v) is 11.8. The van der Waals surface area contributed by atoms with Crippen LogP contribution in [-0.2, 0) is 10.3 Å². The highest BCUT2D eigenvalue weighted by Gasteiger charge is 2.70. The average Bonchev–Trinajstić information content (AvgIpc) is 3.12. The summed E-state index contributed by atoms with van der Waals surface area (Å²) in [5.41, 5.74) is 0.837. The van der Waals surface area contributed by atoms with Gasteiger partial charge in [0.2, 0.25) is 5.91 Å². The van der Waals surface area contributed by atoms with Gasteiger partial charge in [0.15, 0.2) is 0 Å². The van der Waals surface area contributed by atoms with Gasteiger partial charge < -0.3 is 14.6 Å². The van der Waals surface area contributed by atoms with Crippen LogP contribution in [0.1, 0.15) is 39.0 Å². The van der Waals surface area contributed by atoms with Crippen molar-refractivity contribution in [3.63, 3.8) is 0 Å². The summed E-state index contributed by atoms with van der Waals surface area (Å²) in [5, 5.41) is 11.9. The number of pyridine rings is 1. The van der Waals surface area contributed by atoms with Crippen molar-refractivity contribution in [1.29, 1.82) is 0 Å². The van der Waals surface area contributed by atoms with E-state index in [9.17, 15) is 9.18 Å². The lowest BCUT2D eigenvalue weighted by Gasteiger charge is -2.70. The molecule has 33 heavy (non-hydrogen) atoms. The van der Waals surface area contributed by atoms with Crippen LogP contribution in [0.25, 0.3) is 10.9 Å². The third-order valence-electron chi connectivity index (χ3n) is 8.77. The molecule has 5 aliphatic rings. The fraction of sp³-hybridized carbons (Fsp3) is 0.520. The van der Waals surface area contributed by atoms with E-state index in [2.05, 4.69) is 32.0 Å². The Morgan fingerprint density at radius 2 is 1.91 bits per heavy atom. The van der Waals surface area contributed by atoms with Crippen LogP contribution in [0.5, 0.6) is 5.75 Å². The second kappa shape index (κ2) is 6.52. The van der Waals surface area contributed by atoms with Crippen molar-refractivity contribution < 1.29 is 13.9 Å². The Kier molecular flexibility index (Phi) is 3.84. The normalized spacial score (nSPS) is 36.4. The number of amides is 1. The lowest BCUT2D eigenvalue weighted by Crippen LogP contribution is -2.78. The summed E-state index contributed by atoms with van der Waals surface area (Å²) in [6.07, 6.45) is 10.2. The standard InChI is InChI=1S/C25H26FN5O2/c1-14(23(32)30-24-9-25(10-24,11-24)31-12-28-29-13-31)22-17-7-16(8-18(17)22)33-21-4-5-27-20-3-2-15(26)6-19(20)21/h2-6,12-14,16-18,22H,7-11H2,1H3,(H,30,32)/t14?,16?,17-,18+,22?,24?,25?. The molecule has 0 saturated heterocycles. The Hall–Kier alpha value is -3.03. The van der Waals surface area contributed by atoms with Crippen LogP contribution in [0.15, 0.2) is 43.1 Å². The molecule has 5 fully saturated rings. The molecular formula is C25H26FN5O2. The van der Waals surface area contributed by atoms with Gasteiger partial charge in [-0.15, -0.1) is 10.2 Å². The van der Waals surface area contributed by atoms with Gasteiger partial charge in [-0.25, -0.2) is 4.39 Å². The monoisotopic (exact) mass is 447 g/mol. The molecule has 3 unspecified atom stereocenters. The molecular weight excluding hydrogens is 421 g/mol. The van der Waals surface area contributed by atoms with Crippen molar-refractivity contribution in [3.8, 4) is 5.75 Å². The van der Waals surface area contributed by atoms with Crippen LogP contribution in [0, 0.1) is 29.5 Å². The highest BCUT2D eigenvalue weighted by Crippen LogP contribution is 2.66. The molecule has 0 spiro atoms. The van der Waals surface area contributed by atoms with E-state index < -0.39 is 0 Å². The lowest BCUT2D eigenvalue weighted by atomic mass is 9.44. The second-order valence-corrected chi connectivity index (χ2v) is 10.8. The van der Waals surface area contributed by atoms with Gasteiger partial charge in [-0.2, -0.15) is 0 Å². The van der Waals surface area contributed by atoms with Crippen LogP contribution in [0.3, 0.4) is 0 Å². The molecule has 5 atom stereocenters. The van der Waals surface area contributed by atoms with Crippen LogP contribution in [0.4, 0.5) is 4.39 Å². The SMILES string of the molecule is CC(C(=O)NC12CC(n3cnnc3)(C1)C2)C1[C@H]2CC(Oc3ccnc4ccc(F)cc34)C[C@@H]12. The zero-order valence-corrected chi connectivity index (χ0v) is 18.4. The predicted molar refractivity (Wildman–Crippen MR) is 118 cm³/mol. The summed E-state index contributed by atoms with van der Waals surface area (Å²) in [4.78, 5) is 17.3. The average molecular weight is 448 g/mol. The minimum atomic E-state index is -0.286. The Bertz CT molecular complexity index is 1230. The fourth-order valence-electron chi connectivity index (χ4n) is 7.19. The predicted octanol–water partition coefficient (Wildman–Crippen LogP) is 3.45. The number of carbonyl (C=O) groups excluding carboxylic acids is 1. The van der Waals surface area contributed by atoms with E-state index >= 15 is 0 Å². The van der Waals surface area contributed by atoms with Crippen molar-refractivity contribution in [1.82, 2.24) is 25.1 Å². The molecule has 1 aromatic carbocycles. The molecule has 5 aliphatic carbocycles. The number of halogens is 1. The molecule has 8 rings (SSSR count). The highest BCUT2D eigenvalue weighted by atomic mass is 19.1. The fourth-order valence-corrected chi connectivity index (χ4v) is 7.19. The topological polar surface area (TPSA) is 81.9 Å². The minimum absolute atomic E-state index is 0.0247. The molecule has 2 aromatic heterocycles. The number of nitrogens with zero attached hydrogens (tertiary/aromatic N) is 4. The second-order valence-electron chi connectivity index (χ2n) is 10.8. The van der Waals surface area contributed by atoms with E-state index in [0.29, 0.717) is 28.9 Å². The Balaban J connectivity index is 0.947. The molecule has 1 N–H and O–H groups in total. The van der Waals surface area contributed by atoms with Gasteiger partial charge in [0.05, 0.1) is 17.2 Å². The number of fused-ring (bicyclic) bond motifs is 2. The number of hydrogen-bond donors (Lipinski definition) is 1. The number of rotatable bonds is 6. The molecule has 5 saturated carbocycles. The maximum atomic E-state index is 13.7. The molecule has 1 amide bonds. The summed E-state index contributed by atoms with van der Waals surface area (Å²) in [6.45, 7) is 2.08. The quantitative estimate of drug-likeness (QED) is 0.626. The highest BCUT2D eigenvalue weighted by molar-refractivity contribution is 5.84. The van der Waals surface area contributed by atoms with E-state index in [1.54, 1.807) is 24.9 Å². The maximum Gasteiger partial charge on any atom is 0.223 e. The Labute approximate surface area is 190 Å². The van der Waals surface area contributed by atoms with E-state index in [1.165, 1.54) is 12.1 Å². The van der Waals surface area contributed by atoms with Crippen LogP contribution < -0.4 is 10.1 Å². The van der Waals surface area contributed by atoms with Gasteiger partial charge in [-0.3, -0.25) is 9.78 Å². The molecule has 2 heterocycles. The van der Waals surface area contributed by atoms with Gasteiger partial charge in [-0.05, 0) is 74.1 Å². The zero-order valence-electron chi connectivity index (χ0n) is 18.4. The van der Waals surface area contributed by atoms with Crippen LogP contribution >= 0.6 is 0 Å². The summed E-state index contributed by atoms with van der Waals surface area (Å²) < 4.78 is 22.1. The zero-order chi connectivity index (χ0) is 22.4.